The van der Waals surface area contributed by atoms with Gasteiger partial charge in [-0.05, 0) is 96.9 Å². The molecule has 16 nitrogen and oxygen atoms in total. The van der Waals surface area contributed by atoms with Gasteiger partial charge in [0.15, 0.2) is 5.82 Å². The third-order valence-corrected chi connectivity index (χ3v) is 12.8. The number of allylic oxidation sites excluding steroid dienone is 4. The Kier molecular flexibility index (Phi) is 13.9. The summed E-state index contributed by atoms with van der Waals surface area (Å²) in [6.07, 6.45) is 15.8. The van der Waals surface area contributed by atoms with Crippen molar-refractivity contribution in [2.75, 3.05) is 65.0 Å². The number of aromatic amines is 2. The predicted molar refractivity (Wildman–Crippen MR) is 250 cm³/mol. The molecule has 16 heteroatoms. The molecule has 2 aromatic heterocycles. The van der Waals surface area contributed by atoms with Crippen LogP contribution in [0.4, 0.5) is 26.8 Å². The van der Waals surface area contributed by atoms with Crippen molar-refractivity contribution in [3.8, 4) is 6.07 Å². The summed E-state index contributed by atoms with van der Waals surface area (Å²) in [6.45, 7) is 14.3. The predicted octanol–water partition coefficient (Wildman–Crippen LogP) is 8.85. The number of anilines is 2. The molecule has 4 N–H and O–H groups in total. The highest BCUT2D eigenvalue weighted by atomic mass is 16.2. The second-order valence-electron chi connectivity index (χ2n) is 18.4. The van der Waals surface area contributed by atoms with Gasteiger partial charge in [-0.3, -0.25) is 14.6 Å². The topological polar surface area (TPSA) is 191 Å². The van der Waals surface area contributed by atoms with Gasteiger partial charge >= 0.3 is 18.0 Å². The van der Waals surface area contributed by atoms with Crippen LogP contribution in [0.1, 0.15) is 126 Å². The second-order valence-corrected chi connectivity index (χ2v) is 18.4. The Bertz CT molecular complexity index is 2580. The maximum Gasteiger partial charge on any atom is 0.319 e. The fourth-order valence-corrected chi connectivity index (χ4v) is 9.06. The third-order valence-electron chi connectivity index (χ3n) is 12.8. The van der Waals surface area contributed by atoms with Crippen molar-refractivity contribution in [3.05, 3.63) is 112 Å². The molecule has 338 valence electrons. The lowest BCUT2D eigenvalue weighted by Crippen LogP contribution is -2.48. The van der Waals surface area contributed by atoms with Gasteiger partial charge in [-0.25, -0.2) is 19.6 Å². The molecule has 2 saturated heterocycles. The number of nitrogens with zero attached hydrogens (tertiary/aromatic N) is 8. The van der Waals surface area contributed by atoms with Gasteiger partial charge in [0.25, 0.3) is 11.7 Å². The van der Waals surface area contributed by atoms with E-state index in [0.29, 0.717) is 26.2 Å². The standard InChI is InChI=1S/C25H30N6O2.C24H28N6O2/c1-25(2)10-8-16(9-11-25)19-12-17(18-14-30(4)24(33)31(5)15-18)6-7-20(19)28-23(32)22-27-13-21(26-3)29-22;1-29-14-18(15-30(2)24(29)32)17-9-10-21(20(11-17)16-7-5-3-4-6-8-16)28-23(31)22-26-13-19(12-25)27-22/h6-8,12-13,18H,9-11,14-15H2,1-2,4-5H3,(H,27,29)(H,28,32);7,9-11,13,18H,3-6,8,14-15H2,1-2H3,(H,26,27)(H,28,31). The van der Waals surface area contributed by atoms with Gasteiger partial charge in [0, 0.05) is 88.7 Å². The summed E-state index contributed by atoms with van der Waals surface area (Å²) < 4.78 is 0. The Morgan fingerprint density at radius 1 is 0.754 bits per heavy atom. The summed E-state index contributed by atoms with van der Waals surface area (Å²) in [5, 5.41) is 14.9. The van der Waals surface area contributed by atoms with Gasteiger partial charge in [0.05, 0.1) is 12.4 Å². The monoisotopic (exact) mass is 878 g/mol. The van der Waals surface area contributed by atoms with Crippen molar-refractivity contribution in [1.29, 1.82) is 5.26 Å². The number of amides is 6. The van der Waals surface area contributed by atoms with Crippen molar-refractivity contribution in [1.82, 2.24) is 39.5 Å². The molecule has 0 saturated carbocycles. The average Bonchev–Trinajstić information content (AvgIpc) is 3.92. The summed E-state index contributed by atoms with van der Waals surface area (Å²) in [7, 11) is 7.31. The number of benzene rings is 2. The number of rotatable bonds is 8. The van der Waals surface area contributed by atoms with Crippen molar-refractivity contribution >= 4 is 52.2 Å². The van der Waals surface area contributed by atoms with E-state index in [1.165, 1.54) is 36.4 Å². The van der Waals surface area contributed by atoms with Gasteiger partial charge in [-0.15, -0.1) is 0 Å². The van der Waals surface area contributed by atoms with Gasteiger partial charge in [0.1, 0.15) is 11.8 Å². The van der Waals surface area contributed by atoms with Crippen molar-refractivity contribution in [3.63, 3.8) is 0 Å². The molecule has 0 radical (unpaired) electrons. The number of carbonyl (C=O) groups excluding carboxylic acids is 4. The van der Waals surface area contributed by atoms with Crippen LogP contribution in [0.2, 0.25) is 0 Å². The van der Waals surface area contributed by atoms with E-state index in [4.69, 9.17) is 11.8 Å². The Hall–Kier alpha value is -7.20. The molecular formula is C49H58N12O4. The molecule has 0 spiro atoms. The number of nitrogens with one attached hydrogen (secondary N) is 4. The van der Waals surface area contributed by atoms with Crippen molar-refractivity contribution in [2.24, 2.45) is 5.41 Å². The molecule has 2 aliphatic heterocycles. The zero-order valence-electron chi connectivity index (χ0n) is 38.1. The van der Waals surface area contributed by atoms with Gasteiger partial charge in [0.2, 0.25) is 5.82 Å². The summed E-state index contributed by atoms with van der Waals surface area (Å²) in [6, 6.07) is 14.3. The number of imidazole rings is 2. The molecule has 8 rings (SSSR count). The minimum absolute atomic E-state index is 0.0322. The second kappa shape index (κ2) is 19.7. The van der Waals surface area contributed by atoms with Crippen molar-refractivity contribution < 1.29 is 19.2 Å². The van der Waals surface area contributed by atoms with Crippen LogP contribution < -0.4 is 10.6 Å². The first-order valence-corrected chi connectivity index (χ1v) is 22.2. The first kappa shape index (κ1) is 45.8. The zero-order valence-corrected chi connectivity index (χ0v) is 38.1. The summed E-state index contributed by atoms with van der Waals surface area (Å²) in [5.74, 6) is 0.0853. The largest absolute Gasteiger partial charge is 0.363 e. The van der Waals surface area contributed by atoms with Crippen LogP contribution in [0, 0.1) is 23.3 Å². The lowest BCUT2D eigenvalue weighted by atomic mass is 9.76. The molecule has 65 heavy (non-hydrogen) atoms. The first-order chi connectivity index (χ1) is 31.1. The van der Waals surface area contributed by atoms with E-state index in [-0.39, 0.29) is 64.3 Å². The molecular weight excluding hydrogens is 821 g/mol. The van der Waals surface area contributed by atoms with Crippen LogP contribution in [0.25, 0.3) is 16.0 Å². The van der Waals surface area contributed by atoms with E-state index in [0.717, 1.165) is 72.2 Å². The highest BCUT2D eigenvalue weighted by molar-refractivity contribution is 6.04. The van der Waals surface area contributed by atoms with E-state index in [1.807, 2.05) is 58.5 Å². The molecule has 2 aliphatic carbocycles. The minimum atomic E-state index is -0.377. The van der Waals surface area contributed by atoms with E-state index in [2.05, 4.69) is 73.5 Å². The number of likely N-dealkylation sites (N-methyl/N-ethyl adjacent to an activating group) is 4. The fraction of sp³-hybridized carbons (Fsp3) is 0.429. The number of urea groups is 2. The summed E-state index contributed by atoms with van der Waals surface area (Å²) in [5.41, 5.74) is 8.77. The van der Waals surface area contributed by atoms with E-state index < -0.39 is 0 Å². The molecule has 2 aromatic carbocycles. The van der Waals surface area contributed by atoms with Crippen LogP contribution in [0.15, 0.2) is 60.9 Å². The Labute approximate surface area is 380 Å². The third kappa shape index (κ3) is 10.8. The Morgan fingerprint density at radius 3 is 1.75 bits per heavy atom. The van der Waals surface area contributed by atoms with E-state index >= 15 is 0 Å². The van der Waals surface area contributed by atoms with Crippen LogP contribution in [-0.2, 0) is 0 Å². The number of hydrogen-bond donors (Lipinski definition) is 4. The maximum atomic E-state index is 12.8. The van der Waals surface area contributed by atoms with Gasteiger partial charge in [-0.2, -0.15) is 5.26 Å². The van der Waals surface area contributed by atoms with Gasteiger partial charge < -0.3 is 40.1 Å². The number of hydrogen-bond acceptors (Lipinski definition) is 7. The summed E-state index contributed by atoms with van der Waals surface area (Å²) >= 11 is 0. The Balaban J connectivity index is 0.000000194. The fourth-order valence-electron chi connectivity index (χ4n) is 9.06. The normalized spacial score (nSPS) is 18.1. The molecule has 6 amide bonds. The zero-order chi connectivity index (χ0) is 46.4. The van der Waals surface area contributed by atoms with Crippen LogP contribution >= 0.6 is 0 Å². The average molecular weight is 879 g/mol. The van der Waals surface area contributed by atoms with Crippen LogP contribution in [-0.4, -0.2) is 118 Å². The maximum absolute atomic E-state index is 12.8. The highest BCUT2D eigenvalue weighted by Gasteiger charge is 2.31. The number of carbonyl (C=O) groups is 4. The lowest BCUT2D eigenvalue weighted by molar-refractivity contribution is 0.101. The van der Waals surface area contributed by atoms with Crippen molar-refractivity contribution in [2.45, 2.75) is 77.0 Å². The van der Waals surface area contributed by atoms with Crippen LogP contribution in [0.5, 0.6) is 0 Å². The quantitative estimate of drug-likeness (QED) is 0.127. The smallest absolute Gasteiger partial charge is 0.319 e. The van der Waals surface area contributed by atoms with E-state index in [9.17, 15) is 19.2 Å². The van der Waals surface area contributed by atoms with E-state index in [1.54, 1.807) is 19.6 Å². The van der Waals surface area contributed by atoms with Crippen LogP contribution in [0.3, 0.4) is 0 Å². The molecule has 4 heterocycles. The number of H-pyrrole nitrogens is 2. The SMILES string of the molecule is CN1CC(c2ccc(NC(=O)c3ncc(C#N)[nH]3)c(C3=CCCCCC3)c2)CN(C)C1=O.[C-]#[N+]c1cnc(C(=O)Nc2ccc(C3CN(C)C(=O)N(C)C3)cc2C2=CCC(C)(C)CC2)[nH]1. The number of aromatic nitrogens is 4. The Morgan fingerprint density at radius 2 is 1.28 bits per heavy atom. The van der Waals surface area contributed by atoms with Gasteiger partial charge in [-0.1, -0.05) is 51.1 Å². The molecule has 4 aliphatic rings. The minimum Gasteiger partial charge on any atom is -0.363 e. The lowest BCUT2D eigenvalue weighted by Gasteiger charge is -2.37. The molecule has 0 atom stereocenters. The molecule has 0 bridgehead atoms. The summed E-state index contributed by atoms with van der Waals surface area (Å²) in [4.78, 5) is 73.7. The molecule has 2 fully saturated rings. The number of nitriles is 1. The molecule has 4 aromatic rings. The highest BCUT2D eigenvalue weighted by Crippen LogP contribution is 2.41. The molecule has 0 unspecified atom stereocenters. The first-order valence-electron chi connectivity index (χ1n) is 22.2.